The lowest BCUT2D eigenvalue weighted by molar-refractivity contribution is 0.0587. The number of esters is 1. The molecule has 0 aliphatic rings. The van der Waals surface area contributed by atoms with E-state index in [1.807, 2.05) is 0 Å². The lowest BCUT2D eigenvalue weighted by Gasteiger charge is -2.04. The molecule has 0 atom stereocenters. The molecular weight excluding hydrogens is 256 g/mol. The third kappa shape index (κ3) is 2.92. The topological polar surface area (TPSA) is 97.0 Å². The quantitative estimate of drug-likeness (QED) is 0.788. The molecule has 0 aliphatic heterocycles. The summed E-state index contributed by atoms with van der Waals surface area (Å²) in [7, 11) is 1.27. The van der Waals surface area contributed by atoms with E-state index < -0.39 is 5.97 Å². The molecule has 0 spiro atoms. The van der Waals surface area contributed by atoms with Gasteiger partial charge in [-0.1, -0.05) is 11.3 Å². The first-order valence-electron chi connectivity index (χ1n) is 5.01. The summed E-state index contributed by atoms with van der Waals surface area (Å²) in [5, 5.41) is 4.69. The molecule has 2 heterocycles. The highest BCUT2D eigenvalue weighted by atomic mass is 32.1. The zero-order valence-corrected chi connectivity index (χ0v) is 10.3. The van der Waals surface area contributed by atoms with E-state index in [2.05, 4.69) is 25.0 Å². The molecular formula is C10H10N4O3S. The Labute approximate surface area is 106 Å². The highest BCUT2D eigenvalue weighted by Crippen LogP contribution is 2.05. The molecule has 0 amide bonds. The number of H-pyrrole nitrogens is 1. The number of carbonyl (C=O) groups is 1. The van der Waals surface area contributed by atoms with Crippen LogP contribution in [0.1, 0.15) is 16.3 Å². The number of hydrogen-bond donors (Lipinski definition) is 2. The van der Waals surface area contributed by atoms with Gasteiger partial charge < -0.3 is 15.0 Å². The molecule has 94 valence electrons. The number of aromatic amines is 1. The van der Waals surface area contributed by atoms with Gasteiger partial charge in [-0.25, -0.2) is 14.8 Å². The van der Waals surface area contributed by atoms with Crippen LogP contribution < -0.4 is 10.2 Å². The Morgan fingerprint density at radius 1 is 1.61 bits per heavy atom. The van der Waals surface area contributed by atoms with Crippen LogP contribution in [0.4, 0.5) is 5.82 Å². The van der Waals surface area contributed by atoms with E-state index in [0.717, 1.165) is 17.0 Å². The van der Waals surface area contributed by atoms with E-state index in [9.17, 15) is 9.59 Å². The lowest BCUT2D eigenvalue weighted by atomic mass is 10.4. The molecule has 2 rings (SSSR count). The van der Waals surface area contributed by atoms with Crippen LogP contribution in [0.15, 0.2) is 22.4 Å². The molecule has 2 aromatic rings. The molecule has 0 aliphatic carbocycles. The van der Waals surface area contributed by atoms with Crippen molar-refractivity contribution in [2.24, 2.45) is 0 Å². The lowest BCUT2D eigenvalue weighted by Crippen LogP contribution is -2.10. The maximum Gasteiger partial charge on any atom is 0.376 e. The zero-order valence-electron chi connectivity index (χ0n) is 9.47. The summed E-state index contributed by atoms with van der Waals surface area (Å²) in [6.07, 6.45) is 1.46. The highest BCUT2D eigenvalue weighted by Gasteiger charge is 2.09. The van der Waals surface area contributed by atoms with Crippen molar-refractivity contribution in [3.05, 3.63) is 38.8 Å². The van der Waals surface area contributed by atoms with Gasteiger partial charge in [0, 0.05) is 17.3 Å². The minimum Gasteiger partial charge on any atom is -0.463 e. The van der Waals surface area contributed by atoms with Crippen molar-refractivity contribution in [2.45, 2.75) is 6.54 Å². The molecule has 2 N–H and O–H groups in total. The summed E-state index contributed by atoms with van der Waals surface area (Å²) in [4.78, 5) is 32.5. The fourth-order valence-corrected chi connectivity index (χ4v) is 1.81. The summed E-state index contributed by atoms with van der Waals surface area (Å²) in [5.74, 6) is -0.124. The number of hydrogen-bond acceptors (Lipinski definition) is 7. The van der Waals surface area contributed by atoms with Crippen molar-refractivity contribution < 1.29 is 9.53 Å². The van der Waals surface area contributed by atoms with Gasteiger partial charge in [-0.3, -0.25) is 4.79 Å². The third-order valence-corrected chi connectivity index (χ3v) is 2.77. The third-order valence-electron chi connectivity index (χ3n) is 2.05. The monoisotopic (exact) mass is 266 g/mol. The van der Waals surface area contributed by atoms with Gasteiger partial charge in [0.05, 0.1) is 13.7 Å². The standard InChI is InChI=1S/C10H10N4O3S/c1-17-9(15)8-11-3-2-7(14-8)12-4-6-5-18-10(16)13-6/h2-3,5H,4H2,1H3,(H,13,16)(H,11,12,14). The van der Waals surface area contributed by atoms with Crippen molar-refractivity contribution >= 4 is 23.1 Å². The van der Waals surface area contributed by atoms with Crippen LogP contribution in [0.3, 0.4) is 0 Å². The molecule has 0 radical (unpaired) electrons. The summed E-state index contributed by atoms with van der Waals surface area (Å²) in [6.45, 7) is 0.413. The normalized spacial score (nSPS) is 10.1. The Balaban J connectivity index is 2.05. The molecule has 0 fully saturated rings. The Morgan fingerprint density at radius 3 is 3.11 bits per heavy atom. The van der Waals surface area contributed by atoms with Crippen LogP contribution in [-0.2, 0) is 11.3 Å². The van der Waals surface area contributed by atoms with Crippen LogP contribution in [0.25, 0.3) is 0 Å². The van der Waals surface area contributed by atoms with Crippen LogP contribution in [0.2, 0.25) is 0 Å². The molecule has 7 nitrogen and oxygen atoms in total. The number of anilines is 1. The van der Waals surface area contributed by atoms with Crippen LogP contribution in [0, 0.1) is 0 Å². The first kappa shape index (κ1) is 12.2. The fraction of sp³-hybridized carbons (Fsp3) is 0.200. The summed E-state index contributed by atoms with van der Waals surface area (Å²) >= 11 is 1.09. The highest BCUT2D eigenvalue weighted by molar-refractivity contribution is 7.07. The van der Waals surface area contributed by atoms with Crippen molar-refractivity contribution in [2.75, 3.05) is 12.4 Å². The molecule has 0 aromatic carbocycles. The smallest absolute Gasteiger partial charge is 0.376 e. The molecule has 8 heteroatoms. The van der Waals surface area contributed by atoms with Gasteiger partial charge in [0.15, 0.2) is 0 Å². The molecule has 0 bridgehead atoms. The Morgan fingerprint density at radius 2 is 2.44 bits per heavy atom. The second kappa shape index (κ2) is 5.41. The number of thiazole rings is 1. The predicted octanol–water partition coefficient (Wildman–Crippen LogP) is 0.625. The fourth-order valence-electron chi connectivity index (χ4n) is 1.23. The average Bonchev–Trinajstić information content (AvgIpc) is 2.81. The number of methoxy groups -OCH3 is 1. The van der Waals surface area contributed by atoms with E-state index >= 15 is 0 Å². The number of ether oxygens (including phenoxy) is 1. The Bertz CT molecular complexity index is 607. The van der Waals surface area contributed by atoms with Crippen molar-refractivity contribution in [1.82, 2.24) is 15.0 Å². The van der Waals surface area contributed by atoms with Gasteiger partial charge in [-0.2, -0.15) is 0 Å². The van der Waals surface area contributed by atoms with Crippen LogP contribution in [0.5, 0.6) is 0 Å². The largest absolute Gasteiger partial charge is 0.463 e. The Hall–Kier alpha value is -2.22. The maximum absolute atomic E-state index is 11.2. The molecule has 0 saturated heterocycles. The van der Waals surface area contributed by atoms with Gasteiger partial charge in [-0.05, 0) is 6.07 Å². The van der Waals surface area contributed by atoms with E-state index in [1.54, 1.807) is 11.4 Å². The summed E-state index contributed by atoms with van der Waals surface area (Å²) < 4.78 is 4.52. The van der Waals surface area contributed by atoms with Crippen molar-refractivity contribution in [3.8, 4) is 0 Å². The first-order valence-corrected chi connectivity index (χ1v) is 5.89. The minimum atomic E-state index is -0.595. The summed E-state index contributed by atoms with van der Waals surface area (Å²) in [6, 6.07) is 1.62. The van der Waals surface area contributed by atoms with Gasteiger partial charge in [0.25, 0.3) is 0 Å². The second-order valence-corrected chi connectivity index (χ2v) is 4.13. The maximum atomic E-state index is 11.2. The van der Waals surface area contributed by atoms with Gasteiger partial charge in [0.1, 0.15) is 5.82 Å². The molecule has 18 heavy (non-hydrogen) atoms. The number of nitrogens with zero attached hydrogens (tertiary/aromatic N) is 2. The van der Waals surface area contributed by atoms with E-state index in [0.29, 0.717) is 12.4 Å². The van der Waals surface area contributed by atoms with Gasteiger partial charge in [0.2, 0.25) is 5.82 Å². The number of nitrogens with one attached hydrogen (secondary N) is 2. The number of aromatic nitrogens is 3. The molecule has 0 saturated carbocycles. The van der Waals surface area contributed by atoms with Crippen molar-refractivity contribution in [3.63, 3.8) is 0 Å². The Kier molecular flexibility index (Phi) is 3.68. The van der Waals surface area contributed by atoms with Crippen LogP contribution in [-0.4, -0.2) is 28.0 Å². The number of rotatable bonds is 4. The zero-order chi connectivity index (χ0) is 13.0. The van der Waals surface area contributed by atoms with E-state index in [4.69, 9.17) is 0 Å². The summed E-state index contributed by atoms with van der Waals surface area (Å²) in [5.41, 5.74) is 0.753. The number of carbonyl (C=O) groups excluding carboxylic acids is 1. The van der Waals surface area contributed by atoms with Gasteiger partial charge in [-0.15, -0.1) is 0 Å². The minimum absolute atomic E-state index is 0.0127. The van der Waals surface area contributed by atoms with Crippen LogP contribution >= 0.6 is 11.3 Å². The SMILES string of the molecule is COC(=O)c1nccc(NCc2csc(=O)[nH]2)n1. The second-order valence-electron chi connectivity index (χ2n) is 3.28. The molecule has 2 aromatic heterocycles. The average molecular weight is 266 g/mol. The van der Waals surface area contributed by atoms with Crippen molar-refractivity contribution in [1.29, 1.82) is 0 Å². The first-order chi connectivity index (χ1) is 8.69. The van der Waals surface area contributed by atoms with E-state index in [-0.39, 0.29) is 10.7 Å². The van der Waals surface area contributed by atoms with E-state index in [1.165, 1.54) is 13.3 Å². The molecule has 0 unspecified atom stereocenters. The predicted molar refractivity (Wildman–Crippen MR) is 65.6 cm³/mol. The van der Waals surface area contributed by atoms with Gasteiger partial charge >= 0.3 is 10.8 Å².